The van der Waals surface area contributed by atoms with Crippen LogP contribution in [0.4, 0.5) is 5.69 Å². The second-order valence-corrected chi connectivity index (χ2v) is 12.2. The quantitative estimate of drug-likeness (QED) is 0.305. The van der Waals surface area contributed by atoms with Crippen molar-refractivity contribution in [2.45, 2.75) is 61.8 Å². The zero-order valence-corrected chi connectivity index (χ0v) is 25.7. The van der Waals surface area contributed by atoms with Gasteiger partial charge in [0.2, 0.25) is 0 Å². The van der Waals surface area contributed by atoms with Crippen LogP contribution in [0.3, 0.4) is 0 Å². The van der Waals surface area contributed by atoms with Gasteiger partial charge in [0.1, 0.15) is 5.75 Å². The highest BCUT2D eigenvalue weighted by atomic mass is 32.2. The van der Waals surface area contributed by atoms with Gasteiger partial charge in [-0.3, -0.25) is 9.78 Å². The van der Waals surface area contributed by atoms with E-state index >= 15 is 0 Å². The molecule has 1 N–H and O–H groups in total. The van der Waals surface area contributed by atoms with Gasteiger partial charge in [-0.2, -0.15) is 0 Å². The number of likely N-dealkylation sites (tertiary alicyclic amines) is 1. The van der Waals surface area contributed by atoms with E-state index in [0.29, 0.717) is 18.2 Å². The summed E-state index contributed by atoms with van der Waals surface area (Å²) in [6.07, 6.45) is 8.38. The number of aromatic nitrogens is 1. The van der Waals surface area contributed by atoms with Crippen LogP contribution in [0.25, 0.3) is 10.9 Å². The molecule has 220 valence electrons. The number of methoxy groups -OCH3 is 1. The first kappa shape index (κ1) is 29.7. The summed E-state index contributed by atoms with van der Waals surface area (Å²) in [6.45, 7) is 12.3. The molecule has 5 rings (SSSR count). The molecule has 3 heterocycles. The maximum Gasteiger partial charge on any atom is 0.251 e. The molecule has 2 fully saturated rings. The van der Waals surface area contributed by atoms with Crippen LogP contribution in [0.1, 0.15) is 56.3 Å². The molecule has 1 aromatic heterocycles. The van der Waals surface area contributed by atoms with Gasteiger partial charge >= 0.3 is 0 Å². The third-order valence-electron chi connectivity index (χ3n) is 8.65. The van der Waals surface area contributed by atoms with E-state index in [1.54, 1.807) is 18.9 Å². The summed E-state index contributed by atoms with van der Waals surface area (Å²) < 4.78 is 5.37. The summed E-state index contributed by atoms with van der Waals surface area (Å²) in [5.74, 6) is 0.824. The molecule has 0 saturated carbocycles. The minimum atomic E-state index is -0.0259. The first-order valence-corrected chi connectivity index (χ1v) is 16.2. The molecule has 3 aromatic rings. The Labute approximate surface area is 249 Å². The van der Waals surface area contributed by atoms with Crippen LogP contribution in [-0.2, 0) is 0 Å². The number of ether oxygens (including phenoxy) is 1. The summed E-state index contributed by atoms with van der Waals surface area (Å²) in [7, 11) is 1.69. The maximum atomic E-state index is 13.2. The lowest BCUT2D eigenvalue weighted by Gasteiger charge is -2.41. The first-order valence-electron chi connectivity index (χ1n) is 15.3. The van der Waals surface area contributed by atoms with Gasteiger partial charge in [-0.15, -0.1) is 0 Å². The number of likely N-dealkylation sites (N-methyl/N-ethyl adjacent to an activating group) is 1. The number of rotatable bonds is 11. The van der Waals surface area contributed by atoms with Crippen molar-refractivity contribution in [2.75, 3.05) is 64.4 Å². The zero-order chi connectivity index (χ0) is 28.6. The van der Waals surface area contributed by atoms with Crippen molar-refractivity contribution in [3.8, 4) is 5.75 Å². The molecular formula is C33H45N5O2S. The maximum absolute atomic E-state index is 13.2. The van der Waals surface area contributed by atoms with Gasteiger partial charge in [0.25, 0.3) is 5.91 Å². The number of carbonyl (C=O) groups excluding carboxylic acids is 1. The van der Waals surface area contributed by atoms with E-state index in [4.69, 9.17) is 9.72 Å². The molecule has 2 aliphatic heterocycles. The van der Waals surface area contributed by atoms with Crippen molar-refractivity contribution in [3.05, 3.63) is 54.2 Å². The van der Waals surface area contributed by atoms with Crippen LogP contribution >= 0.6 is 11.8 Å². The highest BCUT2D eigenvalue weighted by Gasteiger charge is 2.28. The van der Waals surface area contributed by atoms with E-state index in [2.05, 4.69) is 52.1 Å². The summed E-state index contributed by atoms with van der Waals surface area (Å²) in [4.78, 5) is 27.9. The SMILES string of the molecule is CCN(CC)CCNC(=O)c1ccc2ncc(Sc3ccc(OC)cc3)c(N3CCC(N4CCCCC4)CC3)c2c1. The summed E-state index contributed by atoms with van der Waals surface area (Å²) in [5.41, 5.74) is 2.82. The third-order valence-corrected chi connectivity index (χ3v) is 9.68. The van der Waals surface area contributed by atoms with Crippen molar-refractivity contribution in [2.24, 2.45) is 0 Å². The Morgan fingerprint density at radius 3 is 2.44 bits per heavy atom. The summed E-state index contributed by atoms with van der Waals surface area (Å²) in [5, 5.41) is 4.18. The van der Waals surface area contributed by atoms with Crippen molar-refractivity contribution >= 4 is 34.3 Å². The molecule has 2 saturated heterocycles. The highest BCUT2D eigenvalue weighted by molar-refractivity contribution is 7.99. The lowest BCUT2D eigenvalue weighted by molar-refractivity contribution is 0.0949. The van der Waals surface area contributed by atoms with Crippen molar-refractivity contribution < 1.29 is 9.53 Å². The number of anilines is 1. The zero-order valence-electron chi connectivity index (χ0n) is 24.9. The lowest BCUT2D eigenvalue weighted by atomic mass is 9.99. The Morgan fingerprint density at radius 1 is 1.02 bits per heavy atom. The number of nitrogens with one attached hydrogen (secondary N) is 1. The molecule has 0 aliphatic carbocycles. The van der Waals surface area contributed by atoms with E-state index in [9.17, 15) is 4.79 Å². The number of amides is 1. The number of hydrogen-bond donors (Lipinski definition) is 1. The van der Waals surface area contributed by atoms with Crippen LogP contribution in [0, 0.1) is 0 Å². The smallest absolute Gasteiger partial charge is 0.251 e. The van der Waals surface area contributed by atoms with Crippen LogP contribution in [0.2, 0.25) is 0 Å². The Morgan fingerprint density at radius 2 is 1.76 bits per heavy atom. The third kappa shape index (κ3) is 7.34. The van der Waals surface area contributed by atoms with E-state index in [1.165, 1.54) is 50.9 Å². The standard InChI is InChI=1S/C33H45N5O2S/c1-4-36(5-2)22-17-34-33(39)25-9-14-30-29(23-25)32(31(24-35-30)41-28-12-10-27(40-3)11-13-28)38-20-15-26(16-21-38)37-18-7-6-8-19-37/h9-14,23-24,26H,4-8,15-22H2,1-3H3,(H,34,39). The molecular weight excluding hydrogens is 530 g/mol. The van der Waals surface area contributed by atoms with Gasteiger partial charge in [0.15, 0.2) is 0 Å². The predicted octanol–water partition coefficient (Wildman–Crippen LogP) is 5.92. The fourth-order valence-electron chi connectivity index (χ4n) is 6.18. The van der Waals surface area contributed by atoms with Crippen molar-refractivity contribution in [1.29, 1.82) is 0 Å². The molecule has 7 nitrogen and oxygen atoms in total. The largest absolute Gasteiger partial charge is 0.497 e. The summed E-state index contributed by atoms with van der Waals surface area (Å²) in [6, 6.07) is 14.8. The van der Waals surface area contributed by atoms with Gasteiger partial charge in [-0.25, -0.2) is 0 Å². The molecule has 0 bridgehead atoms. The van der Waals surface area contributed by atoms with Gasteiger partial charge in [0.05, 0.1) is 23.2 Å². The second-order valence-electron chi connectivity index (χ2n) is 11.1. The summed E-state index contributed by atoms with van der Waals surface area (Å²) >= 11 is 1.73. The lowest BCUT2D eigenvalue weighted by Crippen LogP contribution is -2.46. The van der Waals surface area contributed by atoms with Gasteiger partial charge in [0, 0.05) is 54.3 Å². The van der Waals surface area contributed by atoms with Crippen LogP contribution in [0.15, 0.2) is 58.5 Å². The van der Waals surface area contributed by atoms with Crippen LogP contribution < -0.4 is 15.0 Å². The number of fused-ring (bicyclic) bond motifs is 1. The Bertz CT molecular complexity index is 1280. The molecule has 0 unspecified atom stereocenters. The minimum absolute atomic E-state index is 0.0259. The Balaban J connectivity index is 1.42. The molecule has 2 aromatic carbocycles. The Hall–Kier alpha value is -2.81. The second kappa shape index (κ2) is 14.4. The van der Waals surface area contributed by atoms with Gasteiger partial charge in [-0.05, 0) is 94.3 Å². The fraction of sp³-hybridized carbons (Fsp3) is 0.515. The van der Waals surface area contributed by atoms with Crippen molar-refractivity contribution in [3.63, 3.8) is 0 Å². The molecule has 1 amide bonds. The number of pyridine rings is 1. The normalized spacial score (nSPS) is 16.8. The molecule has 0 atom stereocenters. The van der Waals surface area contributed by atoms with E-state index in [0.717, 1.165) is 59.2 Å². The van der Waals surface area contributed by atoms with Crippen molar-refractivity contribution in [1.82, 2.24) is 20.1 Å². The molecule has 8 heteroatoms. The molecule has 0 radical (unpaired) electrons. The number of nitrogens with zero attached hydrogens (tertiary/aromatic N) is 4. The molecule has 0 spiro atoms. The van der Waals surface area contributed by atoms with E-state index in [1.807, 2.05) is 30.5 Å². The van der Waals surface area contributed by atoms with Crippen LogP contribution in [-0.4, -0.2) is 86.2 Å². The molecule has 41 heavy (non-hydrogen) atoms. The number of benzene rings is 2. The monoisotopic (exact) mass is 575 g/mol. The topological polar surface area (TPSA) is 60.9 Å². The molecule has 2 aliphatic rings. The first-order chi connectivity index (χ1) is 20.1. The fourth-order valence-corrected chi connectivity index (χ4v) is 7.15. The predicted molar refractivity (Wildman–Crippen MR) is 170 cm³/mol. The average molecular weight is 576 g/mol. The van der Waals surface area contributed by atoms with E-state index in [-0.39, 0.29) is 5.91 Å². The highest BCUT2D eigenvalue weighted by Crippen LogP contribution is 2.41. The van der Waals surface area contributed by atoms with Gasteiger partial charge < -0.3 is 24.8 Å². The number of piperidine rings is 2. The van der Waals surface area contributed by atoms with Crippen LogP contribution in [0.5, 0.6) is 5.75 Å². The van der Waals surface area contributed by atoms with Gasteiger partial charge in [-0.1, -0.05) is 32.0 Å². The number of hydrogen-bond acceptors (Lipinski definition) is 7. The minimum Gasteiger partial charge on any atom is -0.497 e. The van der Waals surface area contributed by atoms with E-state index < -0.39 is 0 Å². The Kier molecular flexibility index (Phi) is 10.4. The average Bonchev–Trinajstić information content (AvgIpc) is 3.03. The number of carbonyl (C=O) groups is 1.